The SMILES string of the molecule is Cc1ccc2c(c1)C(C)(c1cc(C(C)(C)C)cc(C3(C)c4cc(C)ccc4Oc4ccc(C)cc43)c1)c1cc(C)ccc1O2. The summed E-state index contributed by atoms with van der Waals surface area (Å²) in [7, 11) is 0. The van der Waals surface area contributed by atoms with Crippen LogP contribution in [0.2, 0.25) is 0 Å². The normalized spacial score (nSPS) is 15.7. The van der Waals surface area contributed by atoms with E-state index in [1.165, 1.54) is 61.2 Å². The summed E-state index contributed by atoms with van der Waals surface area (Å²) in [5.41, 5.74) is 12.7. The van der Waals surface area contributed by atoms with E-state index < -0.39 is 10.8 Å². The lowest BCUT2D eigenvalue weighted by Crippen LogP contribution is -2.33. The van der Waals surface area contributed by atoms with E-state index in [9.17, 15) is 0 Å². The Hall–Kier alpha value is -4.30. The highest BCUT2D eigenvalue weighted by molar-refractivity contribution is 5.68. The minimum atomic E-state index is -0.427. The molecule has 0 saturated heterocycles. The third-order valence-corrected chi connectivity index (χ3v) is 10.1. The van der Waals surface area contributed by atoms with Crippen molar-refractivity contribution >= 4 is 0 Å². The van der Waals surface area contributed by atoms with E-state index in [-0.39, 0.29) is 5.41 Å². The van der Waals surface area contributed by atoms with E-state index in [1.54, 1.807) is 0 Å². The molecular weight excluding hydrogens is 536 g/mol. The molecule has 7 rings (SSSR count). The Balaban J connectivity index is 1.59. The van der Waals surface area contributed by atoms with Gasteiger partial charge in [0.05, 0.1) is 0 Å². The maximum Gasteiger partial charge on any atom is 0.131 e. The van der Waals surface area contributed by atoms with Crippen molar-refractivity contribution in [3.8, 4) is 23.0 Å². The van der Waals surface area contributed by atoms with Crippen molar-refractivity contribution in [1.82, 2.24) is 0 Å². The van der Waals surface area contributed by atoms with Gasteiger partial charge in [0.25, 0.3) is 0 Å². The van der Waals surface area contributed by atoms with Gasteiger partial charge in [-0.2, -0.15) is 0 Å². The van der Waals surface area contributed by atoms with Crippen LogP contribution in [0, 0.1) is 27.7 Å². The summed E-state index contributed by atoms with van der Waals surface area (Å²) in [4.78, 5) is 0. The summed E-state index contributed by atoms with van der Waals surface area (Å²) >= 11 is 0. The van der Waals surface area contributed by atoms with Gasteiger partial charge in [-0.3, -0.25) is 0 Å². The molecule has 0 aliphatic carbocycles. The predicted octanol–water partition coefficient (Wildman–Crippen LogP) is 11.1. The molecule has 5 aromatic rings. The Labute approximate surface area is 262 Å². The van der Waals surface area contributed by atoms with E-state index >= 15 is 0 Å². The summed E-state index contributed by atoms with van der Waals surface area (Å²) in [5.74, 6) is 3.71. The fourth-order valence-corrected chi connectivity index (χ4v) is 7.28. The van der Waals surface area contributed by atoms with Gasteiger partial charge >= 0.3 is 0 Å². The molecule has 222 valence electrons. The van der Waals surface area contributed by atoms with Gasteiger partial charge < -0.3 is 9.47 Å². The third kappa shape index (κ3) is 4.22. The minimum absolute atomic E-state index is 0.0659. The summed E-state index contributed by atoms with van der Waals surface area (Å²) in [6.45, 7) is 20.4. The Bertz CT molecular complexity index is 1730. The number of fused-ring (bicyclic) bond motifs is 4. The fraction of sp³-hybridized carbons (Fsp3) is 0.286. The van der Waals surface area contributed by atoms with Crippen molar-refractivity contribution in [1.29, 1.82) is 0 Å². The first kappa shape index (κ1) is 28.5. The largest absolute Gasteiger partial charge is 0.457 e. The molecule has 2 nitrogen and oxygen atoms in total. The van der Waals surface area contributed by atoms with Crippen molar-refractivity contribution in [3.05, 3.63) is 152 Å². The highest BCUT2D eigenvalue weighted by atomic mass is 16.5. The Morgan fingerprint density at radius 2 is 0.727 bits per heavy atom. The zero-order valence-corrected chi connectivity index (χ0v) is 27.5. The van der Waals surface area contributed by atoms with Gasteiger partial charge in [0.15, 0.2) is 0 Å². The highest BCUT2D eigenvalue weighted by Gasteiger charge is 2.44. The van der Waals surface area contributed by atoms with Crippen molar-refractivity contribution in [2.45, 2.75) is 78.6 Å². The molecule has 0 atom stereocenters. The molecule has 2 heteroatoms. The van der Waals surface area contributed by atoms with Crippen LogP contribution in [0.3, 0.4) is 0 Å². The Morgan fingerprint density at radius 3 is 1.00 bits per heavy atom. The van der Waals surface area contributed by atoms with Crippen molar-refractivity contribution in [2.24, 2.45) is 0 Å². The lowest BCUT2D eigenvalue weighted by molar-refractivity contribution is 0.423. The van der Waals surface area contributed by atoms with E-state index in [2.05, 4.69) is 153 Å². The van der Waals surface area contributed by atoms with Crippen LogP contribution in [0.4, 0.5) is 0 Å². The molecule has 0 spiro atoms. The molecule has 5 aromatic carbocycles. The molecule has 44 heavy (non-hydrogen) atoms. The molecule has 2 aliphatic rings. The first-order valence-electron chi connectivity index (χ1n) is 15.8. The lowest BCUT2D eigenvalue weighted by Gasteiger charge is -2.42. The lowest BCUT2D eigenvalue weighted by atomic mass is 9.64. The molecule has 0 aromatic heterocycles. The molecule has 0 amide bonds. The second-order valence-corrected chi connectivity index (χ2v) is 14.5. The third-order valence-electron chi connectivity index (χ3n) is 10.1. The number of aryl methyl sites for hydroxylation is 4. The minimum Gasteiger partial charge on any atom is -0.457 e. The maximum absolute atomic E-state index is 6.57. The topological polar surface area (TPSA) is 18.5 Å². The van der Waals surface area contributed by atoms with Gasteiger partial charge in [-0.25, -0.2) is 0 Å². The molecular formula is C42H42O2. The van der Waals surface area contributed by atoms with E-state index in [4.69, 9.17) is 9.47 Å². The molecule has 0 bridgehead atoms. The van der Waals surface area contributed by atoms with Crippen LogP contribution in [0.1, 0.15) is 95.8 Å². The first-order valence-corrected chi connectivity index (χ1v) is 15.8. The van der Waals surface area contributed by atoms with Crippen molar-refractivity contribution < 1.29 is 9.47 Å². The average molecular weight is 579 g/mol. The van der Waals surface area contributed by atoms with E-state index in [1.807, 2.05) is 0 Å². The standard InChI is InChI=1S/C42H42O2/c1-25-10-14-36-32(18-25)41(8,33-19-26(2)11-15-37(33)43-36)30-22-29(40(5,6)7)23-31(24-30)42(9)34-20-27(3)12-16-38(34)44-39-17-13-28(4)21-35(39)42/h10-24H,1-9H3. The smallest absolute Gasteiger partial charge is 0.131 e. The van der Waals surface area contributed by atoms with E-state index in [0.717, 1.165) is 23.0 Å². The maximum atomic E-state index is 6.57. The first-order chi connectivity index (χ1) is 20.8. The highest BCUT2D eigenvalue weighted by Crippen LogP contribution is 2.56. The Morgan fingerprint density at radius 1 is 0.432 bits per heavy atom. The second kappa shape index (κ2) is 9.60. The van der Waals surface area contributed by atoms with Crippen LogP contribution >= 0.6 is 0 Å². The van der Waals surface area contributed by atoms with Gasteiger partial charge in [0.2, 0.25) is 0 Å². The van der Waals surface area contributed by atoms with Gasteiger partial charge in [-0.15, -0.1) is 0 Å². The number of hydrogen-bond acceptors (Lipinski definition) is 2. The van der Waals surface area contributed by atoms with Crippen LogP contribution in [0.15, 0.2) is 91.0 Å². The van der Waals surface area contributed by atoms with Crippen LogP contribution in [0.5, 0.6) is 23.0 Å². The molecule has 2 aliphatic heterocycles. The van der Waals surface area contributed by atoms with Gasteiger partial charge in [-0.1, -0.05) is 110 Å². The molecule has 0 saturated carbocycles. The van der Waals surface area contributed by atoms with Gasteiger partial charge in [0.1, 0.15) is 23.0 Å². The number of hydrogen-bond donors (Lipinski definition) is 0. The summed E-state index contributed by atoms with van der Waals surface area (Å²) in [6.07, 6.45) is 0. The van der Waals surface area contributed by atoms with Crippen LogP contribution < -0.4 is 9.47 Å². The Kier molecular flexibility index (Phi) is 6.21. The predicted molar refractivity (Wildman–Crippen MR) is 181 cm³/mol. The molecule has 0 fully saturated rings. The number of rotatable bonds is 2. The number of benzene rings is 5. The van der Waals surface area contributed by atoms with Crippen molar-refractivity contribution in [2.75, 3.05) is 0 Å². The van der Waals surface area contributed by atoms with E-state index in [0.29, 0.717) is 0 Å². The fourth-order valence-electron chi connectivity index (χ4n) is 7.28. The second-order valence-electron chi connectivity index (χ2n) is 14.5. The zero-order chi connectivity index (χ0) is 31.2. The van der Waals surface area contributed by atoms with Gasteiger partial charge in [-0.05, 0) is 87.9 Å². The van der Waals surface area contributed by atoms with Crippen LogP contribution in [0.25, 0.3) is 0 Å². The summed E-state index contributed by atoms with van der Waals surface area (Å²) in [5, 5.41) is 0. The monoisotopic (exact) mass is 578 g/mol. The molecule has 2 heterocycles. The number of ether oxygens (including phenoxy) is 2. The average Bonchev–Trinajstić information content (AvgIpc) is 2.98. The molecule has 0 unspecified atom stereocenters. The van der Waals surface area contributed by atoms with Crippen LogP contribution in [-0.2, 0) is 16.2 Å². The zero-order valence-electron chi connectivity index (χ0n) is 27.5. The van der Waals surface area contributed by atoms with Crippen molar-refractivity contribution in [3.63, 3.8) is 0 Å². The molecule has 0 radical (unpaired) electrons. The summed E-state index contributed by atoms with van der Waals surface area (Å²) < 4.78 is 13.1. The summed E-state index contributed by atoms with van der Waals surface area (Å²) in [6, 6.07) is 33.8. The quantitative estimate of drug-likeness (QED) is 0.207. The molecule has 0 N–H and O–H groups in total. The van der Waals surface area contributed by atoms with Crippen LogP contribution in [-0.4, -0.2) is 0 Å². The van der Waals surface area contributed by atoms with Gasteiger partial charge in [0, 0.05) is 33.1 Å².